The Balaban J connectivity index is 2.11. The molecule has 2 rings (SSSR count). The summed E-state index contributed by atoms with van der Waals surface area (Å²) in [4.78, 5) is 10.4. The van der Waals surface area contributed by atoms with Crippen molar-refractivity contribution in [2.24, 2.45) is 5.73 Å². The predicted octanol–water partition coefficient (Wildman–Crippen LogP) is 2.77. The van der Waals surface area contributed by atoms with Crippen LogP contribution in [0.4, 0.5) is 5.69 Å². The summed E-state index contributed by atoms with van der Waals surface area (Å²) >= 11 is 0. The topological polar surface area (TPSA) is 102 Å². The highest BCUT2D eigenvalue weighted by molar-refractivity contribution is 5.94. The van der Waals surface area contributed by atoms with Crippen LogP contribution >= 0.6 is 0 Å². The molecule has 0 amide bonds. The van der Waals surface area contributed by atoms with Gasteiger partial charge in [-0.05, 0) is 18.6 Å². The maximum absolute atomic E-state index is 10.9. The summed E-state index contributed by atoms with van der Waals surface area (Å²) in [5.41, 5.74) is 7.46. The molecule has 0 aliphatic carbocycles. The molecule has 0 fully saturated rings. The molecule has 0 heterocycles. The van der Waals surface area contributed by atoms with Gasteiger partial charge in [0.15, 0.2) is 0 Å². The first-order valence-corrected chi connectivity index (χ1v) is 6.29. The van der Waals surface area contributed by atoms with Gasteiger partial charge in [-0.15, -0.1) is 0 Å². The zero-order valence-corrected chi connectivity index (χ0v) is 11.5. The van der Waals surface area contributed by atoms with E-state index in [-0.39, 0.29) is 11.5 Å². The average molecular weight is 285 g/mol. The Morgan fingerprint density at radius 3 is 2.52 bits per heavy atom. The van der Waals surface area contributed by atoms with Crippen LogP contribution in [0.15, 0.2) is 42.5 Å². The van der Waals surface area contributed by atoms with Gasteiger partial charge in [0.05, 0.1) is 10.5 Å². The van der Waals surface area contributed by atoms with E-state index in [0.717, 1.165) is 5.56 Å². The second-order valence-corrected chi connectivity index (χ2v) is 4.56. The second kappa shape index (κ2) is 6.04. The molecule has 0 saturated heterocycles. The number of hydrogen-bond donors (Lipinski definition) is 2. The highest BCUT2D eigenvalue weighted by atomic mass is 16.6. The van der Waals surface area contributed by atoms with Crippen molar-refractivity contribution in [2.75, 3.05) is 0 Å². The number of nitrogens with one attached hydrogen (secondary N) is 1. The van der Waals surface area contributed by atoms with Crippen molar-refractivity contribution in [1.82, 2.24) is 0 Å². The molecular formula is C15H15N3O3. The molecule has 0 aliphatic heterocycles. The fraction of sp³-hybridized carbons (Fsp3) is 0.133. The monoisotopic (exact) mass is 285 g/mol. The van der Waals surface area contributed by atoms with Crippen LogP contribution in [0.2, 0.25) is 0 Å². The van der Waals surface area contributed by atoms with Crippen LogP contribution in [-0.4, -0.2) is 10.8 Å². The van der Waals surface area contributed by atoms with Gasteiger partial charge in [-0.2, -0.15) is 0 Å². The van der Waals surface area contributed by atoms with E-state index in [4.69, 9.17) is 15.9 Å². The Morgan fingerprint density at radius 2 is 1.95 bits per heavy atom. The van der Waals surface area contributed by atoms with Crippen molar-refractivity contribution in [3.05, 3.63) is 69.3 Å². The molecule has 0 atom stereocenters. The van der Waals surface area contributed by atoms with Gasteiger partial charge in [-0.3, -0.25) is 15.5 Å². The second-order valence-electron chi connectivity index (χ2n) is 4.56. The molecular weight excluding hydrogens is 270 g/mol. The molecule has 0 spiro atoms. The van der Waals surface area contributed by atoms with Crippen LogP contribution in [0.5, 0.6) is 5.75 Å². The number of benzene rings is 2. The number of nitrogens with two attached hydrogens (primary N) is 1. The Morgan fingerprint density at radius 1 is 1.29 bits per heavy atom. The Hall–Kier alpha value is -2.89. The number of amidine groups is 1. The highest BCUT2D eigenvalue weighted by Crippen LogP contribution is 2.27. The van der Waals surface area contributed by atoms with Crippen LogP contribution in [0.25, 0.3) is 0 Å². The molecule has 21 heavy (non-hydrogen) atoms. The Kier molecular flexibility index (Phi) is 4.18. The first-order valence-electron chi connectivity index (χ1n) is 6.29. The van der Waals surface area contributed by atoms with Gasteiger partial charge in [0.2, 0.25) is 0 Å². The maximum Gasteiger partial charge on any atom is 0.276 e. The van der Waals surface area contributed by atoms with Gasteiger partial charge in [0.1, 0.15) is 18.2 Å². The van der Waals surface area contributed by atoms with Crippen molar-refractivity contribution in [3.8, 4) is 5.75 Å². The smallest absolute Gasteiger partial charge is 0.276 e. The minimum atomic E-state index is -0.427. The zero-order valence-electron chi connectivity index (χ0n) is 11.5. The lowest BCUT2D eigenvalue weighted by Gasteiger charge is -2.09. The van der Waals surface area contributed by atoms with Crippen LogP contribution < -0.4 is 10.5 Å². The fourth-order valence-corrected chi connectivity index (χ4v) is 1.90. The maximum atomic E-state index is 10.9. The molecule has 0 aromatic heterocycles. The summed E-state index contributed by atoms with van der Waals surface area (Å²) < 4.78 is 5.62. The van der Waals surface area contributed by atoms with E-state index in [1.54, 1.807) is 31.2 Å². The van der Waals surface area contributed by atoms with Gasteiger partial charge in [0.25, 0.3) is 5.69 Å². The predicted molar refractivity (Wildman–Crippen MR) is 79.6 cm³/mol. The summed E-state index contributed by atoms with van der Waals surface area (Å²) in [6.45, 7) is 1.95. The molecule has 0 radical (unpaired) electrons. The lowest BCUT2D eigenvalue weighted by molar-refractivity contribution is -0.385. The number of nitrogen functional groups attached to an aromatic ring is 1. The van der Waals surface area contributed by atoms with Crippen LogP contribution in [0.3, 0.4) is 0 Å². The number of ether oxygens (including phenoxy) is 1. The van der Waals surface area contributed by atoms with E-state index >= 15 is 0 Å². The molecule has 0 aliphatic rings. The quantitative estimate of drug-likeness (QED) is 0.381. The third kappa shape index (κ3) is 3.36. The van der Waals surface area contributed by atoms with Gasteiger partial charge in [-0.1, -0.05) is 30.3 Å². The molecule has 3 N–H and O–H groups in total. The van der Waals surface area contributed by atoms with Crippen LogP contribution in [0, 0.1) is 22.4 Å². The van der Waals surface area contributed by atoms with Gasteiger partial charge in [-0.25, -0.2) is 0 Å². The fourth-order valence-electron chi connectivity index (χ4n) is 1.90. The van der Waals surface area contributed by atoms with Gasteiger partial charge < -0.3 is 10.5 Å². The lowest BCUT2D eigenvalue weighted by Crippen LogP contribution is -2.10. The van der Waals surface area contributed by atoms with E-state index in [1.165, 1.54) is 6.07 Å². The molecule has 0 bridgehead atoms. The summed E-state index contributed by atoms with van der Waals surface area (Å²) in [6.07, 6.45) is 0. The molecule has 0 saturated carbocycles. The van der Waals surface area contributed by atoms with Gasteiger partial charge >= 0.3 is 0 Å². The number of nitro benzene ring substituents is 1. The number of nitrogens with zero attached hydrogens (tertiary/aromatic N) is 1. The lowest BCUT2D eigenvalue weighted by atomic mass is 10.1. The van der Waals surface area contributed by atoms with E-state index < -0.39 is 4.92 Å². The number of nitro groups is 1. The number of hydrogen-bond acceptors (Lipinski definition) is 4. The minimum Gasteiger partial charge on any atom is -0.488 e. The van der Waals surface area contributed by atoms with Crippen molar-refractivity contribution in [1.29, 1.82) is 5.41 Å². The third-order valence-electron chi connectivity index (χ3n) is 3.11. The number of rotatable bonds is 5. The molecule has 2 aromatic rings. The highest BCUT2D eigenvalue weighted by Gasteiger charge is 2.14. The van der Waals surface area contributed by atoms with Crippen LogP contribution in [0.1, 0.15) is 16.7 Å². The summed E-state index contributed by atoms with van der Waals surface area (Å²) in [6, 6.07) is 11.8. The molecule has 2 aromatic carbocycles. The Bertz CT molecular complexity index is 681. The van der Waals surface area contributed by atoms with Crippen molar-refractivity contribution < 1.29 is 9.66 Å². The summed E-state index contributed by atoms with van der Waals surface area (Å²) in [5, 5.41) is 18.2. The summed E-state index contributed by atoms with van der Waals surface area (Å²) in [5.74, 6) is 0.497. The summed E-state index contributed by atoms with van der Waals surface area (Å²) in [7, 11) is 0. The normalized spacial score (nSPS) is 10.1. The van der Waals surface area contributed by atoms with Crippen LogP contribution in [-0.2, 0) is 6.61 Å². The van der Waals surface area contributed by atoms with Gasteiger partial charge in [0, 0.05) is 11.6 Å². The Labute approximate surface area is 121 Å². The van der Waals surface area contributed by atoms with Crippen molar-refractivity contribution in [2.45, 2.75) is 13.5 Å². The molecule has 6 nitrogen and oxygen atoms in total. The third-order valence-corrected chi connectivity index (χ3v) is 3.11. The molecule has 6 heteroatoms. The van der Waals surface area contributed by atoms with E-state index in [2.05, 4.69) is 0 Å². The van der Waals surface area contributed by atoms with E-state index in [0.29, 0.717) is 23.5 Å². The van der Waals surface area contributed by atoms with Crippen molar-refractivity contribution >= 4 is 11.5 Å². The minimum absolute atomic E-state index is 0.0111. The molecule has 108 valence electrons. The first kappa shape index (κ1) is 14.5. The standard InChI is InChI=1S/C15H15N3O3/c1-10-13(18(19)20)3-2-4-14(10)21-9-11-5-7-12(8-6-11)15(16)17/h2-8H,9H2,1H3,(H3,16,17). The SMILES string of the molecule is Cc1c(OCc2ccc(C(=N)N)cc2)cccc1[N+](=O)[O-]. The average Bonchev–Trinajstić information content (AvgIpc) is 2.46. The van der Waals surface area contributed by atoms with E-state index in [9.17, 15) is 10.1 Å². The first-order chi connectivity index (χ1) is 9.99. The zero-order chi connectivity index (χ0) is 15.4. The largest absolute Gasteiger partial charge is 0.488 e. The van der Waals surface area contributed by atoms with Crippen molar-refractivity contribution in [3.63, 3.8) is 0 Å². The molecule has 0 unspecified atom stereocenters. The van der Waals surface area contributed by atoms with E-state index in [1.807, 2.05) is 12.1 Å².